The van der Waals surface area contributed by atoms with E-state index in [0.29, 0.717) is 6.04 Å². The van der Waals surface area contributed by atoms with Crippen molar-refractivity contribution in [2.24, 2.45) is 5.92 Å². The van der Waals surface area contributed by atoms with Crippen molar-refractivity contribution in [2.75, 3.05) is 7.05 Å². The average Bonchev–Trinajstić information content (AvgIpc) is 2.75. The number of nitrogens with zero attached hydrogens (tertiary/aromatic N) is 2. The van der Waals surface area contributed by atoms with Crippen molar-refractivity contribution in [1.82, 2.24) is 15.3 Å². The molecule has 1 aliphatic rings. The van der Waals surface area contributed by atoms with Gasteiger partial charge in [-0.15, -0.1) is 0 Å². The van der Waals surface area contributed by atoms with E-state index in [2.05, 4.69) is 15.3 Å². The highest BCUT2D eigenvalue weighted by Crippen LogP contribution is 2.33. The van der Waals surface area contributed by atoms with E-state index < -0.39 is 0 Å². The Bertz CT molecular complexity index is 301. The molecule has 1 N–H and O–H groups in total. The van der Waals surface area contributed by atoms with Gasteiger partial charge in [0.15, 0.2) is 0 Å². The van der Waals surface area contributed by atoms with E-state index in [4.69, 9.17) is 0 Å². The zero-order valence-electron chi connectivity index (χ0n) is 9.53. The Morgan fingerprint density at radius 3 is 2.40 bits per heavy atom. The van der Waals surface area contributed by atoms with Gasteiger partial charge in [-0.3, -0.25) is 0 Å². The van der Waals surface area contributed by atoms with Crippen LogP contribution >= 0.6 is 0 Å². The maximum atomic E-state index is 4.42. The Morgan fingerprint density at radius 2 is 1.87 bits per heavy atom. The molecule has 82 valence electrons. The van der Waals surface area contributed by atoms with E-state index in [9.17, 15) is 0 Å². The highest BCUT2D eigenvalue weighted by atomic mass is 15.0. The minimum Gasteiger partial charge on any atom is -0.310 e. The molecule has 1 aromatic rings. The number of rotatable bonds is 3. The van der Waals surface area contributed by atoms with Crippen molar-refractivity contribution in [3.8, 4) is 0 Å². The third-order valence-electron chi connectivity index (χ3n) is 3.26. The first-order valence-corrected chi connectivity index (χ1v) is 5.77. The van der Waals surface area contributed by atoms with Crippen LogP contribution in [0.1, 0.15) is 43.1 Å². The lowest BCUT2D eigenvalue weighted by molar-refractivity contribution is 0.374. The van der Waals surface area contributed by atoms with Crippen LogP contribution in [0.4, 0.5) is 0 Å². The van der Waals surface area contributed by atoms with Gasteiger partial charge in [0.1, 0.15) is 5.82 Å². The van der Waals surface area contributed by atoms with Gasteiger partial charge in [0, 0.05) is 12.4 Å². The fraction of sp³-hybridized carbons (Fsp3) is 0.667. The molecule has 0 saturated heterocycles. The van der Waals surface area contributed by atoms with Crippen LogP contribution in [0, 0.1) is 12.8 Å². The third kappa shape index (κ3) is 2.34. The Kier molecular flexibility index (Phi) is 3.31. The molecular weight excluding hydrogens is 186 g/mol. The molecule has 0 radical (unpaired) electrons. The number of aryl methyl sites for hydroxylation is 1. The molecule has 1 heterocycles. The number of hydrogen-bond donors (Lipinski definition) is 1. The maximum Gasteiger partial charge on any atom is 0.145 e. The quantitative estimate of drug-likeness (QED) is 0.822. The van der Waals surface area contributed by atoms with Crippen molar-refractivity contribution < 1.29 is 0 Å². The van der Waals surface area contributed by atoms with Crippen LogP contribution < -0.4 is 5.32 Å². The van der Waals surface area contributed by atoms with Gasteiger partial charge in [-0.05, 0) is 38.3 Å². The lowest BCUT2D eigenvalue weighted by Gasteiger charge is -2.21. The molecule has 15 heavy (non-hydrogen) atoms. The lowest BCUT2D eigenvalue weighted by Crippen LogP contribution is -2.25. The van der Waals surface area contributed by atoms with Gasteiger partial charge in [0.2, 0.25) is 0 Å². The maximum absolute atomic E-state index is 4.42. The summed E-state index contributed by atoms with van der Waals surface area (Å²) in [7, 11) is 2.01. The van der Waals surface area contributed by atoms with E-state index >= 15 is 0 Å². The van der Waals surface area contributed by atoms with Crippen LogP contribution in [0.25, 0.3) is 0 Å². The largest absolute Gasteiger partial charge is 0.310 e. The van der Waals surface area contributed by atoms with Crippen LogP contribution in [-0.4, -0.2) is 17.0 Å². The van der Waals surface area contributed by atoms with Gasteiger partial charge in [-0.2, -0.15) is 0 Å². The highest BCUT2D eigenvalue weighted by Gasteiger charge is 2.26. The summed E-state index contributed by atoms with van der Waals surface area (Å²) >= 11 is 0. The Hall–Kier alpha value is -0.960. The van der Waals surface area contributed by atoms with Crippen LogP contribution in [-0.2, 0) is 0 Å². The van der Waals surface area contributed by atoms with Gasteiger partial charge < -0.3 is 5.32 Å². The van der Waals surface area contributed by atoms with E-state index in [1.807, 2.05) is 26.4 Å². The van der Waals surface area contributed by atoms with Gasteiger partial charge in [-0.1, -0.05) is 12.8 Å². The fourth-order valence-corrected chi connectivity index (χ4v) is 2.43. The molecule has 1 saturated carbocycles. The minimum absolute atomic E-state index is 0.341. The lowest BCUT2D eigenvalue weighted by atomic mass is 9.97. The first-order valence-electron chi connectivity index (χ1n) is 5.77. The SMILES string of the molecule is CNC(c1ncc(C)cn1)C1CCCC1. The van der Waals surface area contributed by atoms with E-state index in [0.717, 1.165) is 17.3 Å². The second-order valence-electron chi connectivity index (χ2n) is 4.43. The molecule has 2 rings (SSSR count). The molecule has 0 bridgehead atoms. The molecule has 0 aliphatic heterocycles. The molecule has 1 aromatic heterocycles. The molecule has 1 aliphatic carbocycles. The summed E-state index contributed by atoms with van der Waals surface area (Å²) in [5.41, 5.74) is 1.13. The van der Waals surface area contributed by atoms with Crippen molar-refractivity contribution in [3.05, 3.63) is 23.8 Å². The van der Waals surface area contributed by atoms with Crippen molar-refractivity contribution in [1.29, 1.82) is 0 Å². The van der Waals surface area contributed by atoms with Crippen LogP contribution in [0.3, 0.4) is 0 Å². The second kappa shape index (κ2) is 4.71. The number of aromatic nitrogens is 2. The molecule has 1 fully saturated rings. The van der Waals surface area contributed by atoms with Crippen molar-refractivity contribution in [2.45, 2.75) is 38.6 Å². The Balaban J connectivity index is 2.14. The molecular formula is C12H19N3. The Labute approximate surface area is 91.3 Å². The predicted molar refractivity (Wildman–Crippen MR) is 60.5 cm³/mol. The standard InChI is InChI=1S/C12H19N3/c1-9-7-14-12(15-8-9)11(13-2)10-5-3-4-6-10/h7-8,10-11,13H,3-6H2,1-2H3. The average molecular weight is 205 g/mol. The molecule has 0 aromatic carbocycles. The summed E-state index contributed by atoms with van der Waals surface area (Å²) in [4.78, 5) is 8.84. The summed E-state index contributed by atoms with van der Waals surface area (Å²) in [5, 5.41) is 3.35. The molecule has 1 unspecified atom stereocenters. The third-order valence-corrected chi connectivity index (χ3v) is 3.26. The van der Waals surface area contributed by atoms with E-state index in [1.54, 1.807) is 0 Å². The van der Waals surface area contributed by atoms with Crippen LogP contribution in [0.5, 0.6) is 0 Å². The van der Waals surface area contributed by atoms with Gasteiger partial charge >= 0.3 is 0 Å². The Morgan fingerprint density at radius 1 is 1.27 bits per heavy atom. The van der Waals surface area contributed by atoms with Crippen molar-refractivity contribution >= 4 is 0 Å². The normalized spacial score (nSPS) is 19.3. The van der Waals surface area contributed by atoms with Gasteiger partial charge in [0.25, 0.3) is 0 Å². The zero-order chi connectivity index (χ0) is 10.7. The predicted octanol–water partition coefficient (Wildman–Crippen LogP) is 2.24. The number of hydrogen-bond acceptors (Lipinski definition) is 3. The van der Waals surface area contributed by atoms with Crippen LogP contribution in [0.15, 0.2) is 12.4 Å². The van der Waals surface area contributed by atoms with E-state index in [-0.39, 0.29) is 0 Å². The highest BCUT2D eigenvalue weighted by molar-refractivity contribution is 5.05. The fourth-order valence-electron chi connectivity index (χ4n) is 2.43. The van der Waals surface area contributed by atoms with Gasteiger partial charge in [0.05, 0.1) is 6.04 Å². The molecule has 3 nitrogen and oxygen atoms in total. The summed E-state index contributed by atoms with van der Waals surface area (Å²) < 4.78 is 0. The van der Waals surface area contributed by atoms with E-state index in [1.165, 1.54) is 25.7 Å². The number of nitrogens with one attached hydrogen (secondary N) is 1. The smallest absolute Gasteiger partial charge is 0.145 e. The van der Waals surface area contributed by atoms with Gasteiger partial charge in [-0.25, -0.2) is 9.97 Å². The molecule has 0 amide bonds. The molecule has 1 atom stereocenters. The molecule has 3 heteroatoms. The minimum atomic E-state index is 0.341. The second-order valence-corrected chi connectivity index (χ2v) is 4.43. The summed E-state index contributed by atoms with van der Waals surface area (Å²) in [6.45, 7) is 2.02. The monoisotopic (exact) mass is 205 g/mol. The summed E-state index contributed by atoms with van der Waals surface area (Å²) in [5.74, 6) is 1.67. The first kappa shape index (κ1) is 10.6. The zero-order valence-corrected chi connectivity index (χ0v) is 9.53. The van der Waals surface area contributed by atoms with Crippen LogP contribution in [0.2, 0.25) is 0 Å². The van der Waals surface area contributed by atoms with Crippen molar-refractivity contribution in [3.63, 3.8) is 0 Å². The first-order chi connectivity index (χ1) is 7.31. The molecule has 0 spiro atoms. The topological polar surface area (TPSA) is 37.8 Å². The summed E-state index contributed by atoms with van der Waals surface area (Å²) in [6.07, 6.45) is 9.14. The summed E-state index contributed by atoms with van der Waals surface area (Å²) in [6, 6.07) is 0.341.